The molecule has 1 rings (SSSR count). The minimum absolute atomic E-state index is 0.0337. The van der Waals surface area contributed by atoms with Gasteiger partial charge in [0.05, 0.1) is 10.5 Å². The zero-order valence-electron chi connectivity index (χ0n) is 7.07. The lowest BCUT2D eigenvalue weighted by Crippen LogP contribution is -2.01. The van der Waals surface area contributed by atoms with Crippen molar-refractivity contribution in [3.05, 3.63) is 36.9 Å². The van der Waals surface area contributed by atoms with Gasteiger partial charge < -0.3 is 0 Å². The Labute approximate surface area is 103 Å². The van der Waals surface area contributed by atoms with Crippen molar-refractivity contribution in [3.8, 4) is 0 Å². The van der Waals surface area contributed by atoms with Crippen LogP contribution < -0.4 is 0 Å². The van der Waals surface area contributed by atoms with E-state index in [9.17, 15) is 19.7 Å². The van der Waals surface area contributed by atoms with Crippen molar-refractivity contribution in [2.75, 3.05) is 0 Å². The highest BCUT2D eigenvalue weighted by molar-refractivity contribution is 14.1. The summed E-state index contributed by atoms with van der Waals surface area (Å²) in [4.78, 5) is 31.3. The molecule has 5 nitrogen and oxygen atoms in total. The standard InChI is InChI=1S/C8H3ClINO4/c9-8(13)5-1-4(3-12)2-6(7(5)10)11(14)15/h1-3H. The van der Waals surface area contributed by atoms with Crippen LogP contribution in [-0.2, 0) is 0 Å². The second-order valence-corrected chi connectivity index (χ2v) is 3.97. The van der Waals surface area contributed by atoms with E-state index in [-0.39, 0.29) is 20.4 Å². The van der Waals surface area contributed by atoms with Crippen molar-refractivity contribution < 1.29 is 14.5 Å². The molecule has 0 aliphatic carbocycles. The second-order valence-electron chi connectivity index (χ2n) is 2.55. The first-order chi connectivity index (χ1) is 6.97. The highest BCUT2D eigenvalue weighted by atomic mass is 127. The molecule has 0 N–H and O–H groups in total. The predicted molar refractivity (Wildman–Crippen MR) is 61.4 cm³/mol. The number of benzene rings is 1. The minimum Gasteiger partial charge on any atom is -0.298 e. The van der Waals surface area contributed by atoms with Crippen LogP contribution in [0.2, 0.25) is 0 Å². The van der Waals surface area contributed by atoms with E-state index in [1.807, 2.05) is 0 Å². The van der Waals surface area contributed by atoms with Gasteiger partial charge >= 0.3 is 0 Å². The van der Waals surface area contributed by atoms with Crippen molar-refractivity contribution in [3.63, 3.8) is 0 Å². The zero-order chi connectivity index (χ0) is 11.6. The zero-order valence-corrected chi connectivity index (χ0v) is 9.98. The van der Waals surface area contributed by atoms with E-state index >= 15 is 0 Å². The van der Waals surface area contributed by atoms with Crippen molar-refractivity contribution in [2.45, 2.75) is 0 Å². The summed E-state index contributed by atoms with van der Waals surface area (Å²) in [7, 11) is 0. The summed E-state index contributed by atoms with van der Waals surface area (Å²) in [5.41, 5.74) is -0.288. The fraction of sp³-hybridized carbons (Fsp3) is 0. The van der Waals surface area contributed by atoms with Gasteiger partial charge in [0, 0.05) is 11.6 Å². The molecule has 0 bridgehead atoms. The fourth-order valence-electron chi connectivity index (χ4n) is 0.975. The van der Waals surface area contributed by atoms with Crippen LogP contribution >= 0.6 is 34.2 Å². The van der Waals surface area contributed by atoms with E-state index in [0.29, 0.717) is 6.29 Å². The molecule has 0 unspecified atom stereocenters. The van der Waals surface area contributed by atoms with Crippen LogP contribution in [0.4, 0.5) is 5.69 Å². The SMILES string of the molecule is O=Cc1cc(C(=O)Cl)c(I)c([N+](=O)[O-])c1. The maximum atomic E-state index is 10.9. The summed E-state index contributed by atoms with van der Waals surface area (Å²) >= 11 is 6.87. The Morgan fingerprint density at radius 1 is 1.53 bits per heavy atom. The van der Waals surface area contributed by atoms with Crippen molar-refractivity contribution in [1.29, 1.82) is 0 Å². The van der Waals surface area contributed by atoms with Gasteiger partial charge in [-0.05, 0) is 40.3 Å². The van der Waals surface area contributed by atoms with Crippen LogP contribution in [0.3, 0.4) is 0 Å². The van der Waals surface area contributed by atoms with E-state index in [1.165, 1.54) is 6.07 Å². The van der Waals surface area contributed by atoms with Crippen LogP contribution in [0, 0.1) is 13.7 Å². The van der Waals surface area contributed by atoms with E-state index in [1.54, 1.807) is 22.6 Å². The first kappa shape index (κ1) is 12.1. The van der Waals surface area contributed by atoms with Crippen LogP contribution in [0.1, 0.15) is 20.7 Å². The van der Waals surface area contributed by atoms with Gasteiger partial charge in [-0.15, -0.1) is 0 Å². The van der Waals surface area contributed by atoms with Crippen LogP contribution in [0.15, 0.2) is 12.1 Å². The Morgan fingerprint density at radius 3 is 2.53 bits per heavy atom. The molecule has 0 atom stereocenters. The molecule has 0 saturated carbocycles. The van der Waals surface area contributed by atoms with Crippen molar-refractivity contribution in [2.24, 2.45) is 0 Å². The van der Waals surface area contributed by atoms with Crippen molar-refractivity contribution >= 4 is 51.4 Å². The molecule has 0 amide bonds. The van der Waals surface area contributed by atoms with Gasteiger partial charge in [-0.1, -0.05) is 0 Å². The molecule has 0 fully saturated rings. The molecule has 1 aromatic carbocycles. The highest BCUT2D eigenvalue weighted by Crippen LogP contribution is 2.26. The molecule has 0 radical (unpaired) electrons. The number of aldehydes is 1. The number of carbonyl (C=O) groups excluding carboxylic acids is 2. The number of hydrogen-bond acceptors (Lipinski definition) is 4. The normalized spacial score (nSPS) is 9.73. The molecule has 1 aromatic rings. The van der Waals surface area contributed by atoms with E-state index in [4.69, 9.17) is 11.6 Å². The lowest BCUT2D eigenvalue weighted by atomic mass is 10.1. The largest absolute Gasteiger partial charge is 0.298 e. The summed E-state index contributed by atoms with van der Waals surface area (Å²) in [5, 5.41) is 9.77. The Bertz CT molecular complexity index is 425. The minimum atomic E-state index is -0.828. The molecule has 15 heavy (non-hydrogen) atoms. The predicted octanol–water partition coefficient (Wildman–Crippen LogP) is 2.39. The van der Waals surface area contributed by atoms with Gasteiger partial charge in [0.25, 0.3) is 10.9 Å². The molecule has 7 heteroatoms. The molecular formula is C8H3ClINO4. The Hall–Kier alpha value is -1.02. The molecule has 0 aromatic heterocycles. The molecular weight excluding hydrogens is 336 g/mol. The lowest BCUT2D eigenvalue weighted by Gasteiger charge is -2.01. The van der Waals surface area contributed by atoms with Gasteiger partial charge in [0.1, 0.15) is 9.86 Å². The maximum absolute atomic E-state index is 10.9. The number of nitrogens with zero attached hydrogens (tertiary/aromatic N) is 1. The number of nitro groups is 1. The third kappa shape index (κ3) is 2.51. The topological polar surface area (TPSA) is 77.3 Å². The van der Waals surface area contributed by atoms with Crippen molar-refractivity contribution in [1.82, 2.24) is 0 Å². The summed E-state index contributed by atoms with van der Waals surface area (Å²) in [5.74, 6) is 0. The van der Waals surface area contributed by atoms with Gasteiger partial charge in [-0.3, -0.25) is 19.7 Å². The quantitative estimate of drug-likeness (QED) is 0.278. The van der Waals surface area contributed by atoms with Gasteiger partial charge in [-0.2, -0.15) is 0 Å². The summed E-state index contributed by atoms with van der Waals surface area (Å²) in [6, 6.07) is 2.31. The smallest absolute Gasteiger partial charge is 0.284 e. The first-order valence-electron chi connectivity index (χ1n) is 3.60. The Kier molecular flexibility index (Phi) is 3.75. The van der Waals surface area contributed by atoms with Crippen LogP contribution in [0.5, 0.6) is 0 Å². The van der Waals surface area contributed by atoms with Gasteiger partial charge in [0.15, 0.2) is 0 Å². The first-order valence-corrected chi connectivity index (χ1v) is 5.06. The lowest BCUT2D eigenvalue weighted by molar-refractivity contribution is -0.385. The third-order valence-corrected chi connectivity index (χ3v) is 2.96. The highest BCUT2D eigenvalue weighted by Gasteiger charge is 2.20. The second kappa shape index (κ2) is 4.67. The maximum Gasteiger partial charge on any atom is 0.284 e. The number of nitro benzene ring substituents is 1. The molecule has 0 heterocycles. The van der Waals surface area contributed by atoms with E-state index in [2.05, 4.69) is 0 Å². The molecule has 78 valence electrons. The summed E-state index contributed by atoms with van der Waals surface area (Å²) in [6.45, 7) is 0. The third-order valence-electron chi connectivity index (χ3n) is 1.62. The van der Waals surface area contributed by atoms with E-state index < -0.39 is 10.2 Å². The fourth-order valence-corrected chi connectivity index (χ4v) is 2.04. The van der Waals surface area contributed by atoms with Crippen LogP contribution in [0.25, 0.3) is 0 Å². The monoisotopic (exact) mass is 339 g/mol. The number of rotatable bonds is 3. The van der Waals surface area contributed by atoms with Gasteiger partial charge in [0.2, 0.25) is 0 Å². The molecule has 0 spiro atoms. The average Bonchev–Trinajstić information content (AvgIpc) is 2.17. The number of carbonyl (C=O) groups is 2. The molecule has 0 saturated heterocycles. The molecule has 0 aliphatic rings. The van der Waals surface area contributed by atoms with Crippen LogP contribution in [-0.4, -0.2) is 16.5 Å². The Balaban J connectivity index is 3.53. The summed E-state index contributed by atoms with van der Waals surface area (Å²) in [6.07, 6.45) is 0.423. The van der Waals surface area contributed by atoms with E-state index in [0.717, 1.165) is 6.07 Å². The Morgan fingerprint density at radius 2 is 2.13 bits per heavy atom. The molecule has 0 aliphatic heterocycles. The number of hydrogen-bond donors (Lipinski definition) is 0. The van der Waals surface area contributed by atoms with Gasteiger partial charge in [-0.25, -0.2) is 0 Å². The average molecular weight is 339 g/mol. The summed E-state index contributed by atoms with van der Waals surface area (Å²) < 4.78 is 0.128. The number of halogens is 2.